The third-order valence-corrected chi connectivity index (χ3v) is 3.36. The molecule has 2 heterocycles. The largest absolute Gasteiger partial charge is 0.396 e. The lowest BCUT2D eigenvalue weighted by molar-refractivity contribution is 0.249. The van der Waals surface area contributed by atoms with E-state index in [1.54, 1.807) is 6.20 Å². The Morgan fingerprint density at radius 2 is 2.33 bits per heavy atom. The number of aliphatic hydroxyl groups is 1. The van der Waals surface area contributed by atoms with Gasteiger partial charge in [-0.2, -0.15) is 0 Å². The van der Waals surface area contributed by atoms with Gasteiger partial charge >= 0.3 is 0 Å². The van der Waals surface area contributed by atoms with Gasteiger partial charge in [-0.25, -0.2) is 4.98 Å². The molecule has 2 rings (SSSR count). The van der Waals surface area contributed by atoms with Crippen molar-refractivity contribution in [1.29, 1.82) is 0 Å². The predicted octanol–water partition coefficient (Wildman–Crippen LogP) is 1.11. The highest BCUT2D eigenvalue weighted by Gasteiger charge is 2.22. The molecule has 0 spiro atoms. The molecule has 1 atom stereocenters. The van der Waals surface area contributed by atoms with Gasteiger partial charge in [-0.3, -0.25) is 9.88 Å². The molecule has 18 heavy (non-hydrogen) atoms. The zero-order valence-corrected chi connectivity index (χ0v) is 11.0. The molecule has 2 N–H and O–H groups in total. The second-order valence-electron chi connectivity index (χ2n) is 4.83. The van der Waals surface area contributed by atoms with Crippen LogP contribution in [0.3, 0.4) is 0 Å². The van der Waals surface area contributed by atoms with Gasteiger partial charge < -0.3 is 10.4 Å². The van der Waals surface area contributed by atoms with Crippen LogP contribution >= 0.6 is 0 Å². The van der Waals surface area contributed by atoms with Crippen LogP contribution in [0.1, 0.15) is 25.5 Å². The summed E-state index contributed by atoms with van der Waals surface area (Å²) in [7, 11) is 0. The number of aliphatic hydroxyl groups excluding tert-OH is 1. The van der Waals surface area contributed by atoms with Gasteiger partial charge in [-0.1, -0.05) is 0 Å². The topological polar surface area (TPSA) is 61.3 Å². The minimum Gasteiger partial charge on any atom is -0.396 e. The van der Waals surface area contributed by atoms with Crippen LogP contribution in [-0.4, -0.2) is 46.2 Å². The Hall–Kier alpha value is -1.20. The summed E-state index contributed by atoms with van der Waals surface area (Å²) in [6, 6.07) is 0. The highest BCUT2D eigenvalue weighted by Crippen LogP contribution is 2.20. The van der Waals surface area contributed by atoms with Crippen molar-refractivity contribution in [1.82, 2.24) is 14.9 Å². The van der Waals surface area contributed by atoms with Crippen LogP contribution in [0.15, 0.2) is 12.4 Å². The van der Waals surface area contributed by atoms with Crippen LogP contribution < -0.4 is 5.32 Å². The van der Waals surface area contributed by atoms with Crippen molar-refractivity contribution >= 4 is 5.82 Å². The maximum absolute atomic E-state index is 8.94. The monoisotopic (exact) mass is 250 g/mol. The highest BCUT2D eigenvalue weighted by atomic mass is 16.3. The fourth-order valence-electron chi connectivity index (χ4n) is 2.41. The molecule has 0 bridgehead atoms. The van der Waals surface area contributed by atoms with E-state index in [-0.39, 0.29) is 0 Å². The number of aromatic nitrogens is 2. The molecule has 1 aromatic rings. The minimum absolute atomic E-state index is 0.301. The minimum atomic E-state index is 0.301. The molecular weight excluding hydrogens is 228 g/mol. The zero-order valence-electron chi connectivity index (χ0n) is 11.0. The summed E-state index contributed by atoms with van der Waals surface area (Å²) < 4.78 is 0. The van der Waals surface area contributed by atoms with Crippen LogP contribution in [0.2, 0.25) is 0 Å². The fraction of sp³-hybridized carbons (Fsp3) is 0.692. The molecule has 5 heteroatoms. The van der Waals surface area contributed by atoms with E-state index in [1.165, 1.54) is 6.42 Å². The molecule has 100 valence electrons. The van der Waals surface area contributed by atoms with Crippen molar-refractivity contribution in [2.24, 2.45) is 5.92 Å². The van der Waals surface area contributed by atoms with Gasteiger partial charge in [-0.05, 0) is 32.2 Å². The summed E-state index contributed by atoms with van der Waals surface area (Å²) >= 11 is 0. The summed E-state index contributed by atoms with van der Waals surface area (Å²) in [5.41, 5.74) is 1.02. The van der Waals surface area contributed by atoms with Crippen LogP contribution in [0.4, 0.5) is 5.82 Å². The van der Waals surface area contributed by atoms with Gasteiger partial charge in [0.15, 0.2) is 0 Å². The molecule has 1 unspecified atom stereocenters. The fourth-order valence-corrected chi connectivity index (χ4v) is 2.41. The lowest BCUT2D eigenvalue weighted by atomic mass is 10.1. The number of likely N-dealkylation sites (tertiary alicyclic amines) is 1. The third kappa shape index (κ3) is 3.65. The lowest BCUT2D eigenvalue weighted by Gasteiger charge is -2.15. The summed E-state index contributed by atoms with van der Waals surface area (Å²) in [4.78, 5) is 11.1. The molecule has 0 aromatic carbocycles. The lowest BCUT2D eigenvalue weighted by Crippen LogP contribution is -2.21. The SMILES string of the molecule is CCNc1cnc(CN2CCC(CCO)C2)cn1. The number of anilines is 1. The second kappa shape index (κ2) is 6.66. The molecule has 1 saturated heterocycles. The molecule has 1 aromatic heterocycles. The van der Waals surface area contributed by atoms with Gasteiger partial charge in [0.05, 0.1) is 18.1 Å². The normalized spacial score (nSPS) is 20.2. The maximum Gasteiger partial charge on any atom is 0.144 e. The van der Waals surface area contributed by atoms with Crippen molar-refractivity contribution < 1.29 is 5.11 Å². The number of hydrogen-bond acceptors (Lipinski definition) is 5. The smallest absolute Gasteiger partial charge is 0.144 e. The highest BCUT2D eigenvalue weighted by molar-refractivity contribution is 5.30. The van der Waals surface area contributed by atoms with E-state index in [4.69, 9.17) is 5.11 Å². The molecule has 5 nitrogen and oxygen atoms in total. The van der Waals surface area contributed by atoms with Gasteiger partial charge in [0.2, 0.25) is 0 Å². The Labute approximate surface area is 108 Å². The van der Waals surface area contributed by atoms with Crippen molar-refractivity contribution in [3.63, 3.8) is 0 Å². The van der Waals surface area contributed by atoms with E-state index in [2.05, 4.69) is 20.2 Å². The summed E-state index contributed by atoms with van der Waals surface area (Å²) in [5.74, 6) is 1.48. The average Bonchev–Trinajstić information content (AvgIpc) is 2.80. The van der Waals surface area contributed by atoms with Gasteiger partial charge in [0, 0.05) is 26.2 Å². The van der Waals surface area contributed by atoms with Gasteiger partial charge in [0.1, 0.15) is 5.82 Å². The number of nitrogens with one attached hydrogen (secondary N) is 1. The van der Waals surface area contributed by atoms with Gasteiger partial charge in [0.25, 0.3) is 0 Å². The second-order valence-corrected chi connectivity index (χ2v) is 4.83. The molecule has 1 fully saturated rings. The van der Waals surface area contributed by atoms with Gasteiger partial charge in [-0.15, -0.1) is 0 Å². The van der Waals surface area contributed by atoms with E-state index in [9.17, 15) is 0 Å². The molecule has 1 aliphatic heterocycles. The van der Waals surface area contributed by atoms with E-state index in [0.717, 1.165) is 44.1 Å². The Morgan fingerprint density at radius 3 is 3.00 bits per heavy atom. The van der Waals surface area contributed by atoms with E-state index < -0.39 is 0 Å². The van der Waals surface area contributed by atoms with Crippen molar-refractivity contribution in [3.8, 4) is 0 Å². The molecular formula is C13H22N4O. The first-order valence-corrected chi connectivity index (χ1v) is 6.69. The predicted molar refractivity (Wildman–Crippen MR) is 71.3 cm³/mol. The Kier molecular flexibility index (Phi) is 4.90. The first-order valence-electron chi connectivity index (χ1n) is 6.69. The standard InChI is InChI=1S/C13H22N4O/c1-2-14-13-8-15-12(7-16-13)10-17-5-3-11(9-17)4-6-18/h7-8,11,18H,2-6,9-10H2,1H3,(H,14,16). The maximum atomic E-state index is 8.94. The Morgan fingerprint density at radius 1 is 1.44 bits per heavy atom. The summed E-state index contributed by atoms with van der Waals surface area (Å²) in [6.45, 7) is 6.24. The molecule has 1 aliphatic rings. The van der Waals surface area contributed by atoms with Crippen LogP contribution in [0.25, 0.3) is 0 Å². The number of nitrogens with zero attached hydrogens (tertiary/aromatic N) is 3. The first-order chi connectivity index (χ1) is 8.81. The van der Waals surface area contributed by atoms with Crippen molar-refractivity contribution in [3.05, 3.63) is 18.1 Å². The Balaban J connectivity index is 1.82. The van der Waals surface area contributed by atoms with Crippen molar-refractivity contribution in [2.75, 3.05) is 31.6 Å². The summed E-state index contributed by atoms with van der Waals surface area (Å²) in [5, 5.41) is 12.1. The quantitative estimate of drug-likeness (QED) is 0.792. The number of hydrogen-bond donors (Lipinski definition) is 2. The van der Waals surface area contributed by atoms with E-state index in [1.807, 2.05) is 13.1 Å². The first kappa shape index (κ1) is 13.2. The molecule has 0 saturated carbocycles. The van der Waals surface area contributed by atoms with Crippen LogP contribution in [0.5, 0.6) is 0 Å². The van der Waals surface area contributed by atoms with Crippen LogP contribution in [0, 0.1) is 5.92 Å². The molecule has 0 radical (unpaired) electrons. The zero-order chi connectivity index (χ0) is 12.8. The Bertz CT molecular complexity index is 355. The van der Waals surface area contributed by atoms with E-state index >= 15 is 0 Å². The molecule has 0 aliphatic carbocycles. The molecule has 0 amide bonds. The van der Waals surface area contributed by atoms with E-state index in [0.29, 0.717) is 12.5 Å². The van der Waals surface area contributed by atoms with Crippen LogP contribution in [-0.2, 0) is 6.54 Å². The average molecular weight is 250 g/mol. The third-order valence-electron chi connectivity index (χ3n) is 3.36. The summed E-state index contributed by atoms with van der Waals surface area (Å²) in [6.07, 6.45) is 5.74. The number of rotatable bonds is 6. The van der Waals surface area contributed by atoms with Crippen molar-refractivity contribution in [2.45, 2.75) is 26.3 Å².